The average molecular weight is 373 g/mol. The van der Waals surface area contributed by atoms with Crippen LogP contribution in [0.1, 0.15) is 41.5 Å². The minimum Gasteiger partial charge on any atom is -0.345 e. The minimum absolute atomic E-state index is 0.359. The SMILES string of the molecule is CCc1c(C(=O)NC(C)c2ccc(F)c(F)c2)cnn1-c1ccc(F)cc1. The van der Waals surface area contributed by atoms with E-state index in [4.69, 9.17) is 0 Å². The summed E-state index contributed by atoms with van der Waals surface area (Å²) in [5.41, 5.74) is 2.13. The summed E-state index contributed by atoms with van der Waals surface area (Å²) in [5.74, 6) is -2.64. The third-order valence-corrected chi connectivity index (χ3v) is 4.31. The van der Waals surface area contributed by atoms with Gasteiger partial charge in [-0.3, -0.25) is 4.79 Å². The Labute approximate surface area is 154 Å². The first kappa shape index (κ1) is 18.7. The Kier molecular flexibility index (Phi) is 5.30. The maximum Gasteiger partial charge on any atom is 0.255 e. The predicted octanol–water partition coefficient (Wildman–Crippen LogP) is 4.34. The van der Waals surface area contributed by atoms with Gasteiger partial charge in [0.2, 0.25) is 0 Å². The zero-order chi connectivity index (χ0) is 19.6. The Morgan fingerprint density at radius 2 is 1.81 bits per heavy atom. The molecule has 3 rings (SSSR count). The molecule has 0 radical (unpaired) electrons. The molecule has 4 nitrogen and oxygen atoms in total. The average Bonchev–Trinajstić information content (AvgIpc) is 3.08. The molecule has 0 saturated heterocycles. The van der Waals surface area contributed by atoms with Crippen molar-refractivity contribution < 1.29 is 18.0 Å². The fourth-order valence-electron chi connectivity index (χ4n) is 2.85. The van der Waals surface area contributed by atoms with Gasteiger partial charge in [-0.15, -0.1) is 0 Å². The highest BCUT2D eigenvalue weighted by Crippen LogP contribution is 2.19. The number of carbonyl (C=O) groups excluding carboxylic acids is 1. The maximum absolute atomic E-state index is 13.4. The number of hydrogen-bond donors (Lipinski definition) is 1. The van der Waals surface area contributed by atoms with Gasteiger partial charge in [0.1, 0.15) is 5.82 Å². The summed E-state index contributed by atoms with van der Waals surface area (Å²) in [5, 5.41) is 7.00. The number of carbonyl (C=O) groups is 1. The van der Waals surface area contributed by atoms with E-state index in [1.165, 1.54) is 24.4 Å². The van der Waals surface area contributed by atoms with Crippen molar-refractivity contribution in [2.24, 2.45) is 0 Å². The summed E-state index contributed by atoms with van der Waals surface area (Å²) < 4.78 is 41.2. The summed E-state index contributed by atoms with van der Waals surface area (Å²) >= 11 is 0. The molecule has 0 bridgehead atoms. The van der Waals surface area contributed by atoms with Crippen LogP contribution in [0.25, 0.3) is 5.69 Å². The van der Waals surface area contributed by atoms with E-state index in [2.05, 4.69) is 10.4 Å². The lowest BCUT2D eigenvalue weighted by Crippen LogP contribution is -2.27. The normalized spacial score (nSPS) is 12.0. The Morgan fingerprint density at radius 1 is 1.11 bits per heavy atom. The van der Waals surface area contributed by atoms with E-state index >= 15 is 0 Å². The van der Waals surface area contributed by atoms with Crippen molar-refractivity contribution in [1.82, 2.24) is 15.1 Å². The van der Waals surface area contributed by atoms with Gasteiger partial charge in [-0.2, -0.15) is 5.10 Å². The van der Waals surface area contributed by atoms with Gasteiger partial charge in [0.15, 0.2) is 11.6 Å². The lowest BCUT2D eigenvalue weighted by Gasteiger charge is -2.15. The molecule has 0 spiro atoms. The molecule has 3 aromatic rings. The van der Waals surface area contributed by atoms with Gasteiger partial charge in [-0.25, -0.2) is 17.9 Å². The van der Waals surface area contributed by atoms with Gasteiger partial charge < -0.3 is 5.32 Å². The molecule has 27 heavy (non-hydrogen) atoms. The van der Waals surface area contributed by atoms with Crippen LogP contribution in [-0.2, 0) is 6.42 Å². The van der Waals surface area contributed by atoms with Crippen molar-refractivity contribution >= 4 is 5.91 Å². The van der Waals surface area contributed by atoms with Gasteiger partial charge in [-0.05, 0) is 55.3 Å². The molecule has 1 atom stereocenters. The van der Waals surface area contributed by atoms with Gasteiger partial charge in [0.05, 0.1) is 29.2 Å². The van der Waals surface area contributed by atoms with E-state index in [9.17, 15) is 18.0 Å². The Morgan fingerprint density at radius 3 is 2.44 bits per heavy atom. The molecule has 0 saturated carbocycles. The summed E-state index contributed by atoms with van der Waals surface area (Å²) in [6, 6.07) is 8.78. The van der Waals surface area contributed by atoms with Gasteiger partial charge in [0.25, 0.3) is 5.91 Å². The van der Waals surface area contributed by atoms with Crippen LogP contribution in [0.2, 0.25) is 0 Å². The van der Waals surface area contributed by atoms with Gasteiger partial charge in [-0.1, -0.05) is 13.0 Å². The Hall–Kier alpha value is -3.09. The van der Waals surface area contributed by atoms with Crippen LogP contribution >= 0.6 is 0 Å². The first-order chi connectivity index (χ1) is 12.9. The van der Waals surface area contributed by atoms with E-state index in [0.717, 1.165) is 12.1 Å². The van der Waals surface area contributed by atoms with Crippen molar-refractivity contribution in [3.8, 4) is 5.69 Å². The largest absolute Gasteiger partial charge is 0.345 e. The molecule has 0 aliphatic carbocycles. The quantitative estimate of drug-likeness (QED) is 0.723. The second kappa shape index (κ2) is 7.65. The highest BCUT2D eigenvalue weighted by Gasteiger charge is 2.19. The third kappa shape index (κ3) is 3.86. The van der Waals surface area contributed by atoms with Crippen molar-refractivity contribution in [3.63, 3.8) is 0 Å². The molecular weight excluding hydrogens is 355 g/mol. The zero-order valence-electron chi connectivity index (χ0n) is 14.8. The highest BCUT2D eigenvalue weighted by atomic mass is 19.2. The van der Waals surface area contributed by atoms with Gasteiger partial charge >= 0.3 is 0 Å². The number of benzene rings is 2. The molecular formula is C20H18F3N3O. The van der Waals surface area contributed by atoms with Crippen LogP contribution in [0.4, 0.5) is 13.2 Å². The maximum atomic E-state index is 13.4. The van der Waals surface area contributed by atoms with Crippen LogP contribution < -0.4 is 5.32 Å². The zero-order valence-corrected chi connectivity index (χ0v) is 14.8. The number of halogens is 3. The van der Waals surface area contributed by atoms with Crippen molar-refractivity contribution in [2.45, 2.75) is 26.3 Å². The predicted molar refractivity (Wildman–Crippen MR) is 95.1 cm³/mol. The first-order valence-corrected chi connectivity index (χ1v) is 8.49. The Balaban J connectivity index is 1.84. The number of aromatic nitrogens is 2. The molecule has 1 N–H and O–H groups in total. The summed E-state index contributed by atoms with van der Waals surface area (Å²) in [7, 11) is 0. The van der Waals surface area contributed by atoms with Crippen LogP contribution in [0.3, 0.4) is 0 Å². The lowest BCUT2D eigenvalue weighted by atomic mass is 10.1. The standard InChI is InChI=1S/C20H18F3N3O/c1-3-19-16(11-24-26(19)15-7-5-14(21)6-8-15)20(27)25-12(2)13-4-9-17(22)18(23)10-13/h4-12H,3H2,1-2H3,(H,25,27). The van der Waals surface area contributed by atoms with E-state index < -0.39 is 17.7 Å². The number of amides is 1. The van der Waals surface area contributed by atoms with E-state index in [1.54, 1.807) is 23.7 Å². The highest BCUT2D eigenvalue weighted by molar-refractivity contribution is 5.95. The number of nitrogens with one attached hydrogen (secondary N) is 1. The summed E-state index contributed by atoms with van der Waals surface area (Å²) in [6.45, 7) is 3.56. The monoisotopic (exact) mass is 373 g/mol. The molecule has 1 unspecified atom stereocenters. The number of rotatable bonds is 5. The van der Waals surface area contributed by atoms with Crippen molar-refractivity contribution in [3.05, 3.63) is 82.9 Å². The number of hydrogen-bond acceptors (Lipinski definition) is 2. The van der Waals surface area contributed by atoms with E-state index in [-0.39, 0.29) is 11.7 Å². The molecule has 1 aromatic heterocycles. The van der Waals surface area contributed by atoms with Crippen LogP contribution in [-0.4, -0.2) is 15.7 Å². The third-order valence-electron chi connectivity index (χ3n) is 4.31. The molecule has 0 aliphatic heterocycles. The lowest BCUT2D eigenvalue weighted by molar-refractivity contribution is 0.0939. The van der Waals surface area contributed by atoms with Crippen molar-refractivity contribution in [1.29, 1.82) is 0 Å². The van der Waals surface area contributed by atoms with Gasteiger partial charge in [0, 0.05) is 0 Å². The van der Waals surface area contributed by atoms with E-state index in [1.807, 2.05) is 6.92 Å². The number of nitrogens with zero attached hydrogens (tertiary/aromatic N) is 2. The molecule has 7 heteroatoms. The first-order valence-electron chi connectivity index (χ1n) is 8.49. The molecule has 0 fully saturated rings. The van der Waals surface area contributed by atoms with Crippen molar-refractivity contribution in [2.75, 3.05) is 0 Å². The van der Waals surface area contributed by atoms with E-state index in [0.29, 0.717) is 28.9 Å². The van der Waals surface area contributed by atoms with Crippen LogP contribution in [0, 0.1) is 17.5 Å². The molecule has 140 valence electrons. The van der Waals surface area contributed by atoms with Crippen LogP contribution in [0.15, 0.2) is 48.7 Å². The summed E-state index contributed by atoms with van der Waals surface area (Å²) in [4.78, 5) is 12.7. The second-order valence-electron chi connectivity index (χ2n) is 6.12. The fraction of sp³-hybridized carbons (Fsp3) is 0.200. The second-order valence-corrected chi connectivity index (χ2v) is 6.12. The minimum atomic E-state index is -0.966. The smallest absolute Gasteiger partial charge is 0.255 e. The topological polar surface area (TPSA) is 46.9 Å². The molecule has 1 amide bonds. The van der Waals surface area contributed by atoms with Crippen LogP contribution in [0.5, 0.6) is 0 Å². The fourth-order valence-corrected chi connectivity index (χ4v) is 2.85. The molecule has 0 aliphatic rings. The molecule has 2 aromatic carbocycles. The Bertz CT molecular complexity index is 967. The molecule has 1 heterocycles. The summed E-state index contributed by atoms with van der Waals surface area (Å²) in [6.07, 6.45) is 1.97.